The van der Waals surface area contributed by atoms with Crippen molar-refractivity contribution in [3.8, 4) is 6.07 Å². The monoisotopic (exact) mass is 535 g/mol. The number of ether oxygens (including phenoxy) is 2. The smallest absolute Gasteiger partial charge is 0.328 e. The van der Waals surface area contributed by atoms with E-state index >= 15 is 0 Å². The van der Waals surface area contributed by atoms with E-state index < -0.39 is 6.03 Å². The summed E-state index contributed by atoms with van der Waals surface area (Å²) in [5.74, 6) is 0.475. The van der Waals surface area contributed by atoms with Crippen molar-refractivity contribution in [2.45, 2.75) is 38.8 Å². The number of hydrogen-bond donors (Lipinski definition) is 2. The average Bonchev–Trinajstić information content (AvgIpc) is 3.47. The minimum atomic E-state index is -0.449. The molecule has 2 atom stereocenters. The Morgan fingerprint density at radius 3 is 2.92 bits per heavy atom. The van der Waals surface area contributed by atoms with Crippen LogP contribution in [0.15, 0.2) is 18.3 Å². The molecule has 2 aliphatic heterocycles. The normalized spacial score (nSPS) is 17.1. The highest BCUT2D eigenvalue weighted by atomic mass is 16.5. The van der Waals surface area contributed by atoms with Gasteiger partial charge in [0, 0.05) is 57.7 Å². The second-order valence-electron chi connectivity index (χ2n) is 9.80. The molecule has 4 heterocycles. The number of aldehydes is 1. The summed E-state index contributed by atoms with van der Waals surface area (Å²) >= 11 is 0. The highest BCUT2D eigenvalue weighted by molar-refractivity contribution is 6.02. The molecule has 0 saturated carbocycles. The van der Waals surface area contributed by atoms with Gasteiger partial charge in [-0.1, -0.05) is 0 Å². The SMILES string of the molecule is COCC(C)Nc1cc(NC(=O)N2CCCc3cc(CN(C)C(=O)[C@H]4CCOC4)c(C=O)nc32)ncc1C#N. The van der Waals surface area contributed by atoms with Crippen LogP contribution in [-0.4, -0.2) is 79.7 Å². The molecule has 0 radical (unpaired) electrons. The lowest BCUT2D eigenvalue weighted by Crippen LogP contribution is -2.40. The summed E-state index contributed by atoms with van der Waals surface area (Å²) in [6.07, 6.45) is 4.13. The third-order valence-electron chi connectivity index (χ3n) is 6.77. The molecule has 1 unspecified atom stereocenters. The number of aromatic nitrogens is 2. The summed E-state index contributed by atoms with van der Waals surface area (Å²) in [6, 6.07) is 5.04. The van der Waals surface area contributed by atoms with Gasteiger partial charge in [0.1, 0.15) is 23.4 Å². The zero-order valence-electron chi connectivity index (χ0n) is 22.4. The Hall–Kier alpha value is -4.08. The van der Waals surface area contributed by atoms with E-state index in [0.717, 1.165) is 5.56 Å². The summed E-state index contributed by atoms with van der Waals surface area (Å²) < 4.78 is 10.5. The van der Waals surface area contributed by atoms with Crippen molar-refractivity contribution in [1.29, 1.82) is 5.26 Å². The zero-order valence-corrected chi connectivity index (χ0v) is 22.4. The molecule has 0 aliphatic carbocycles. The van der Waals surface area contributed by atoms with Crippen LogP contribution in [0.2, 0.25) is 0 Å². The van der Waals surface area contributed by atoms with Crippen molar-refractivity contribution >= 4 is 35.5 Å². The van der Waals surface area contributed by atoms with Gasteiger partial charge in [0.25, 0.3) is 0 Å². The fraction of sp³-hybridized carbons (Fsp3) is 0.481. The first-order valence-corrected chi connectivity index (χ1v) is 12.9. The fourth-order valence-electron chi connectivity index (χ4n) is 4.82. The Kier molecular flexibility index (Phi) is 9.06. The highest BCUT2D eigenvalue weighted by Crippen LogP contribution is 2.29. The van der Waals surface area contributed by atoms with E-state index in [-0.39, 0.29) is 35.9 Å². The van der Waals surface area contributed by atoms with E-state index in [1.807, 2.05) is 13.0 Å². The van der Waals surface area contributed by atoms with E-state index in [9.17, 15) is 19.6 Å². The number of fused-ring (bicyclic) bond motifs is 1. The number of aryl methyl sites for hydroxylation is 1. The number of nitriles is 1. The number of nitrogens with one attached hydrogen (secondary N) is 2. The Bertz CT molecular complexity index is 1270. The first kappa shape index (κ1) is 27.9. The summed E-state index contributed by atoms with van der Waals surface area (Å²) in [4.78, 5) is 49.8. The minimum absolute atomic E-state index is 0.0246. The van der Waals surface area contributed by atoms with E-state index in [1.54, 1.807) is 25.1 Å². The third-order valence-corrected chi connectivity index (χ3v) is 6.77. The largest absolute Gasteiger partial charge is 0.383 e. The Morgan fingerprint density at radius 1 is 1.41 bits per heavy atom. The number of anilines is 3. The van der Waals surface area contributed by atoms with Gasteiger partial charge < -0.3 is 19.7 Å². The summed E-state index contributed by atoms with van der Waals surface area (Å²) in [5.41, 5.74) is 2.51. The lowest BCUT2D eigenvalue weighted by Gasteiger charge is -2.30. The predicted molar refractivity (Wildman–Crippen MR) is 144 cm³/mol. The first-order valence-electron chi connectivity index (χ1n) is 12.9. The molecular weight excluding hydrogens is 502 g/mol. The molecule has 0 bridgehead atoms. The average molecular weight is 536 g/mol. The number of methoxy groups -OCH3 is 1. The quantitative estimate of drug-likeness (QED) is 0.462. The number of urea groups is 1. The molecule has 4 rings (SSSR count). The molecule has 39 heavy (non-hydrogen) atoms. The van der Waals surface area contributed by atoms with Crippen molar-refractivity contribution in [2.75, 3.05) is 56.1 Å². The predicted octanol–water partition coefficient (Wildman–Crippen LogP) is 2.59. The summed E-state index contributed by atoms with van der Waals surface area (Å²) in [6.45, 7) is 3.98. The van der Waals surface area contributed by atoms with Gasteiger partial charge >= 0.3 is 6.03 Å². The lowest BCUT2D eigenvalue weighted by molar-refractivity contribution is -0.134. The third kappa shape index (κ3) is 6.50. The van der Waals surface area contributed by atoms with Crippen molar-refractivity contribution in [3.05, 3.63) is 40.7 Å². The molecule has 2 aromatic rings. The van der Waals surface area contributed by atoms with Crippen molar-refractivity contribution in [1.82, 2.24) is 14.9 Å². The molecule has 2 N–H and O–H groups in total. The molecule has 12 heteroatoms. The maximum absolute atomic E-state index is 13.3. The van der Waals surface area contributed by atoms with E-state index in [2.05, 4.69) is 26.7 Å². The van der Waals surface area contributed by atoms with Gasteiger partial charge in [0.2, 0.25) is 5.91 Å². The Morgan fingerprint density at radius 2 is 2.23 bits per heavy atom. The molecule has 0 aromatic carbocycles. The van der Waals surface area contributed by atoms with Crippen LogP contribution in [0.3, 0.4) is 0 Å². The van der Waals surface area contributed by atoms with Crippen molar-refractivity contribution in [2.24, 2.45) is 5.92 Å². The molecule has 1 fully saturated rings. The fourth-order valence-corrected chi connectivity index (χ4v) is 4.82. The first-order chi connectivity index (χ1) is 18.8. The van der Waals surface area contributed by atoms with Crippen LogP contribution < -0.4 is 15.5 Å². The van der Waals surface area contributed by atoms with Gasteiger partial charge in [-0.2, -0.15) is 5.26 Å². The van der Waals surface area contributed by atoms with Crippen LogP contribution in [0, 0.1) is 17.2 Å². The van der Waals surface area contributed by atoms with Crippen LogP contribution in [0.25, 0.3) is 0 Å². The molecule has 2 aliphatic rings. The zero-order chi connectivity index (χ0) is 27.9. The number of carbonyl (C=O) groups is 3. The molecule has 0 spiro atoms. The van der Waals surface area contributed by atoms with Crippen molar-refractivity contribution in [3.63, 3.8) is 0 Å². The molecule has 1 saturated heterocycles. The second-order valence-corrected chi connectivity index (χ2v) is 9.80. The van der Waals surface area contributed by atoms with Gasteiger partial charge in [0.05, 0.1) is 30.4 Å². The maximum Gasteiger partial charge on any atom is 0.328 e. The molecule has 12 nitrogen and oxygen atoms in total. The number of nitrogens with zero attached hydrogens (tertiary/aromatic N) is 5. The van der Waals surface area contributed by atoms with Crippen LogP contribution in [-0.2, 0) is 27.2 Å². The van der Waals surface area contributed by atoms with Crippen LogP contribution in [0.5, 0.6) is 0 Å². The van der Waals surface area contributed by atoms with Gasteiger partial charge in [-0.3, -0.25) is 19.8 Å². The van der Waals surface area contributed by atoms with Crippen LogP contribution in [0.1, 0.15) is 46.9 Å². The second kappa shape index (κ2) is 12.6. The highest BCUT2D eigenvalue weighted by Gasteiger charge is 2.29. The van der Waals surface area contributed by atoms with E-state index in [1.165, 1.54) is 11.1 Å². The lowest BCUT2D eigenvalue weighted by atomic mass is 10.0. The Labute approximate surface area is 227 Å². The molecule has 3 amide bonds. The number of amides is 3. The summed E-state index contributed by atoms with van der Waals surface area (Å²) in [7, 11) is 3.30. The maximum atomic E-state index is 13.3. The van der Waals surface area contributed by atoms with Gasteiger partial charge in [0.15, 0.2) is 6.29 Å². The standard InChI is InChI=1S/C27H33N7O5/c1-17(15-38-3)30-22-10-24(29-12-21(22)11-28)32-27(37)34-7-4-5-18-9-20(23(14-35)31-25(18)34)13-33(2)26(36)19-6-8-39-16-19/h9-10,12,14,17,19H,4-8,13,15-16H2,1-3H3,(H2,29,30,32,37)/t17?,19-/m0/s1. The van der Waals surface area contributed by atoms with Gasteiger partial charge in [-0.25, -0.2) is 14.8 Å². The van der Waals surface area contributed by atoms with Crippen molar-refractivity contribution < 1.29 is 23.9 Å². The number of rotatable bonds is 9. The molecular formula is C27H33N7O5. The van der Waals surface area contributed by atoms with E-state index in [0.29, 0.717) is 74.5 Å². The Balaban J connectivity index is 1.52. The topological polar surface area (TPSA) is 150 Å². The van der Waals surface area contributed by atoms with Gasteiger partial charge in [-0.05, 0) is 37.8 Å². The number of hydrogen-bond acceptors (Lipinski definition) is 9. The van der Waals surface area contributed by atoms with E-state index in [4.69, 9.17) is 9.47 Å². The summed E-state index contributed by atoms with van der Waals surface area (Å²) in [5, 5.41) is 15.4. The number of carbonyl (C=O) groups excluding carboxylic acids is 3. The molecule has 2 aromatic heterocycles. The van der Waals surface area contributed by atoms with Crippen LogP contribution in [0.4, 0.5) is 22.1 Å². The molecule has 206 valence electrons. The minimum Gasteiger partial charge on any atom is -0.383 e. The number of pyridine rings is 2. The van der Waals surface area contributed by atoms with Crippen LogP contribution >= 0.6 is 0 Å². The van der Waals surface area contributed by atoms with Gasteiger partial charge in [-0.15, -0.1) is 0 Å².